The van der Waals surface area contributed by atoms with E-state index in [4.69, 9.17) is 5.11 Å². The minimum Gasteiger partial charge on any atom is -0.481 e. The van der Waals surface area contributed by atoms with Crippen LogP contribution in [0.15, 0.2) is 0 Å². The fraction of sp³-hybridized carbons (Fsp3) is 0.857. The molecule has 1 saturated carbocycles. The number of aliphatic carboxylic acids is 1. The van der Waals surface area contributed by atoms with E-state index in [1.807, 2.05) is 6.92 Å². The van der Waals surface area contributed by atoms with E-state index in [2.05, 4.69) is 0 Å². The van der Waals surface area contributed by atoms with Gasteiger partial charge in [-0.1, -0.05) is 12.8 Å². The average molecular weight is 253 g/mol. The summed E-state index contributed by atoms with van der Waals surface area (Å²) in [6, 6.07) is -0.148. The lowest BCUT2D eigenvalue weighted by Crippen LogP contribution is -2.49. The van der Waals surface area contributed by atoms with Crippen LogP contribution in [-0.2, 0) is 9.59 Å². The maximum absolute atomic E-state index is 12.3. The third kappa shape index (κ3) is 2.85. The minimum atomic E-state index is -0.763. The first-order valence-corrected chi connectivity index (χ1v) is 7.12. The highest BCUT2D eigenvalue weighted by Gasteiger charge is 2.35. The quantitative estimate of drug-likeness (QED) is 0.839. The topological polar surface area (TPSA) is 57.6 Å². The zero-order valence-electron chi connectivity index (χ0n) is 11.1. The first kappa shape index (κ1) is 13.4. The molecule has 0 aromatic heterocycles. The molecule has 1 aliphatic carbocycles. The zero-order chi connectivity index (χ0) is 13.1. The van der Waals surface area contributed by atoms with Crippen molar-refractivity contribution < 1.29 is 14.7 Å². The van der Waals surface area contributed by atoms with Crippen molar-refractivity contribution in [2.75, 3.05) is 6.54 Å². The van der Waals surface area contributed by atoms with Gasteiger partial charge in [0.25, 0.3) is 0 Å². The van der Waals surface area contributed by atoms with Crippen molar-refractivity contribution >= 4 is 11.9 Å². The van der Waals surface area contributed by atoms with Gasteiger partial charge in [-0.2, -0.15) is 0 Å². The van der Waals surface area contributed by atoms with Crippen molar-refractivity contribution in [2.24, 2.45) is 11.8 Å². The summed E-state index contributed by atoms with van der Waals surface area (Å²) in [5, 5.41) is 9.15. The molecule has 0 aromatic rings. The number of amides is 1. The van der Waals surface area contributed by atoms with Crippen molar-refractivity contribution in [3.8, 4) is 0 Å². The van der Waals surface area contributed by atoms with Gasteiger partial charge in [0, 0.05) is 19.0 Å². The van der Waals surface area contributed by atoms with E-state index in [-0.39, 0.29) is 17.9 Å². The molecule has 0 bridgehead atoms. The first-order chi connectivity index (χ1) is 8.59. The number of hydrogen-bond donors (Lipinski definition) is 1. The monoisotopic (exact) mass is 253 g/mol. The zero-order valence-corrected chi connectivity index (χ0v) is 11.1. The molecule has 0 aromatic carbocycles. The predicted molar refractivity (Wildman–Crippen MR) is 68.1 cm³/mol. The van der Waals surface area contributed by atoms with Gasteiger partial charge in [0.2, 0.25) is 5.91 Å². The third-order valence-corrected chi connectivity index (χ3v) is 4.56. The predicted octanol–water partition coefficient (Wildman–Crippen LogP) is 2.28. The lowest BCUT2D eigenvalue weighted by molar-refractivity contribution is -0.149. The van der Waals surface area contributed by atoms with E-state index < -0.39 is 5.97 Å². The fourth-order valence-corrected chi connectivity index (χ4v) is 3.40. The molecular weight excluding hydrogens is 230 g/mol. The van der Waals surface area contributed by atoms with Gasteiger partial charge in [-0.15, -0.1) is 0 Å². The van der Waals surface area contributed by atoms with Crippen LogP contribution in [0, 0.1) is 11.8 Å². The van der Waals surface area contributed by atoms with Gasteiger partial charge < -0.3 is 10.0 Å². The smallest absolute Gasteiger partial charge is 0.308 e. The number of carbonyl (C=O) groups is 2. The number of carbonyl (C=O) groups excluding carboxylic acids is 1. The van der Waals surface area contributed by atoms with Crippen molar-refractivity contribution in [3.63, 3.8) is 0 Å². The molecule has 0 unspecified atom stereocenters. The maximum atomic E-state index is 12.3. The second kappa shape index (κ2) is 5.72. The Morgan fingerprint density at radius 3 is 2.44 bits per heavy atom. The van der Waals surface area contributed by atoms with Crippen LogP contribution in [0.1, 0.15) is 51.9 Å². The van der Waals surface area contributed by atoms with Crippen LogP contribution in [-0.4, -0.2) is 34.5 Å². The molecule has 1 aliphatic heterocycles. The molecule has 18 heavy (non-hydrogen) atoms. The molecule has 1 N–H and O–H groups in total. The standard InChI is InChI=1S/C14H23NO3/c1-10-12(14(17)18)7-4-8-15(10)13(16)9-11-5-2-3-6-11/h10-12H,2-9H2,1H3,(H,17,18)/t10-,12-/m1/s1. The van der Waals surface area contributed by atoms with Crippen molar-refractivity contribution in [1.29, 1.82) is 0 Å². The number of carboxylic acids is 1. The van der Waals surface area contributed by atoms with Crippen LogP contribution >= 0.6 is 0 Å². The molecule has 1 heterocycles. The molecular formula is C14H23NO3. The second-order valence-corrected chi connectivity index (χ2v) is 5.77. The number of nitrogens with zero attached hydrogens (tertiary/aromatic N) is 1. The molecule has 1 amide bonds. The summed E-state index contributed by atoms with van der Waals surface area (Å²) in [5.41, 5.74) is 0. The van der Waals surface area contributed by atoms with Crippen LogP contribution in [0.3, 0.4) is 0 Å². The molecule has 2 rings (SSSR count). The largest absolute Gasteiger partial charge is 0.481 e. The van der Waals surface area contributed by atoms with Crippen LogP contribution in [0.4, 0.5) is 0 Å². The Morgan fingerprint density at radius 2 is 1.83 bits per heavy atom. The Hall–Kier alpha value is -1.06. The fourth-order valence-electron chi connectivity index (χ4n) is 3.40. The SMILES string of the molecule is C[C@@H]1[C@H](C(=O)O)CCCN1C(=O)CC1CCCC1. The van der Waals surface area contributed by atoms with Gasteiger partial charge in [0.15, 0.2) is 0 Å². The number of carboxylic acid groups (broad SMARTS) is 1. The van der Waals surface area contributed by atoms with Gasteiger partial charge >= 0.3 is 5.97 Å². The maximum Gasteiger partial charge on any atom is 0.308 e. The first-order valence-electron chi connectivity index (χ1n) is 7.12. The molecule has 2 aliphatic rings. The van der Waals surface area contributed by atoms with Gasteiger partial charge in [-0.3, -0.25) is 9.59 Å². The number of rotatable bonds is 3. The Morgan fingerprint density at radius 1 is 1.17 bits per heavy atom. The normalized spacial score (nSPS) is 29.5. The Kier molecular flexibility index (Phi) is 4.25. The molecule has 2 atom stereocenters. The number of likely N-dealkylation sites (tertiary alicyclic amines) is 1. The molecule has 0 radical (unpaired) electrons. The van der Waals surface area contributed by atoms with E-state index in [1.165, 1.54) is 12.8 Å². The Bertz CT molecular complexity index is 323. The van der Waals surface area contributed by atoms with Crippen molar-refractivity contribution in [1.82, 2.24) is 4.90 Å². The van der Waals surface area contributed by atoms with Gasteiger partial charge in [0.05, 0.1) is 5.92 Å². The molecule has 4 heteroatoms. The molecule has 1 saturated heterocycles. The summed E-state index contributed by atoms with van der Waals surface area (Å²) in [7, 11) is 0. The van der Waals surface area contributed by atoms with E-state index in [1.54, 1.807) is 4.90 Å². The number of hydrogen-bond acceptors (Lipinski definition) is 2. The van der Waals surface area contributed by atoms with Gasteiger partial charge in [0.1, 0.15) is 0 Å². The number of piperidine rings is 1. The summed E-state index contributed by atoms with van der Waals surface area (Å²) in [6.07, 6.45) is 6.95. The molecule has 4 nitrogen and oxygen atoms in total. The summed E-state index contributed by atoms with van der Waals surface area (Å²) in [4.78, 5) is 25.2. The highest BCUT2D eigenvalue weighted by Crippen LogP contribution is 2.30. The minimum absolute atomic E-state index is 0.148. The van der Waals surface area contributed by atoms with E-state index in [9.17, 15) is 9.59 Å². The van der Waals surface area contributed by atoms with Crippen LogP contribution < -0.4 is 0 Å². The van der Waals surface area contributed by atoms with Crippen molar-refractivity contribution in [2.45, 2.75) is 57.9 Å². The molecule has 0 spiro atoms. The van der Waals surface area contributed by atoms with Gasteiger partial charge in [-0.05, 0) is 38.5 Å². The third-order valence-electron chi connectivity index (χ3n) is 4.56. The van der Waals surface area contributed by atoms with E-state index >= 15 is 0 Å². The van der Waals surface area contributed by atoms with Crippen LogP contribution in [0.5, 0.6) is 0 Å². The van der Waals surface area contributed by atoms with E-state index in [0.717, 1.165) is 25.8 Å². The Balaban J connectivity index is 1.93. The lowest BCUT2D eigenvalue weighted by atomic mass is 9.89. The van der Waals surface area contributed by atoms with E-state index in [0.29, 0.717) is 18.8 Å². The lowest BCUT2D eigenvalue weighted by Gasteiger charge is -2.38. The highest BCUT2D eigenvalue weighted by molar-refractivity contribution is 5.79. The summed E-state index contributed by atoms with van der Waals surface area (Å²) in [5.74, 6) is -0.442. The summed E-state index contributed by atoms with van der Waals surface area (Å²) < 4.78 is 0. The van der Waals surface area contributed by atoms with Crippen molar-refractivity contribution in [3.05, 3.63) is 0 Å². The average Bonchev–Trinajstić information content (AvgIpc) is 2.81. The van der Waals surface area contributed by atoms with Crippen LogP contribution in [0.25, 0.3) is 0 Å². The Labute approximate surface area is 108 Å². The highest BCUT2D eigenvalue weighted by atomic mass is 16.4. The summed E-state index contributed by atoms with van der Waals surface area (Å²) in [6.45, 7) is 2.61. The second-order valence-electron chi connectivity index (χ2n) is 5.77. The molecule has 102 valence electrons. The summed E-state index contributed by atoms with van der Waals surface area (Å²) >= 11 is 0. The molecule has 2 fully saturated rings. The van der Waals surface area contributed by atoms with Crippen LogP contribution in [0.2, 0.25) is 0 Å². The van der Waals surface area contributed by atoms with Gasteiger partial charge in [-0.25, -0.2) is 0 Å².